The van der Waals surface area contributed by atoms with Crippen molar-refractivity contribution in [1.82, 2.24) is 20.3 Å². The first-order chi connectivity index (χ1) is 9.76. The molecule has 20 heavy (non-hydrogen) atoms. The average Bonchev–Trinajstić information content (AvgIpc) is 2.90. The van der Waals surface area contributed by atoms with Gasteiger partial charge in [-0.25, -0.2) is 9.07 Å². The lowest BCUT2D eigenvalue weighted by atomic mass is 10.5. The van der Waals surface area contributed by atoms with Crippen molar-refractivity contribution in [3.8, 4) is 0 Å². The van der Waals surface area contributed by atoms with Gasteiger partial charge in [0.1, 0.15) is 12.4 Å². The Morgan fingerprint density at radius 1 is 1.40 bits per heavy atom. The van der Waals surface area contributed by atoms with Gasteiger partial charge in [0.25, 0.3) is 0 Å². The van der Waals surface area contributed by atoms with Crippen LogP contribution < -0.4 is 5.32 Å². The van der Waals surface area contributed by atoms with Gasteiger partial charge in [-0.05, 0) is 0 Å². The number of nitrogens with one attached hydrogen (secondary N) is 1. The number of hydrogen-bond donors (Lipinski definition) is 1. The Labute approximate surface area is 124 Å². The van der Waals surface area contributed by atoms with E-state index in [1.807, 2.05) is 0 Å². The van der Waals surface area contributed by atoms with Crippen LogP contribution in [0.25, 0.3) is 0 Å². The number of alkyl halides is 2. The third-order valence-corrected chi connectivity index (χ3v) is 2.72. The molecule has 1 heterocycles. The maximum atomic E-state index is 11.8. The summed E-state index contributed by atoms with van der Waals surface area (Å²) in [5.41, 5.74) is 0.656. The van der Waals surface area contributed by atoms with E-state index >= 15 is 0 Å². The number of nitrogens with zero attached hydrogens (tertiary/aromatic N) is 3. The highest BCUT2D eigenvalue weighted by molar-refractivity contribution is 9.09. The second-order valence-electron chi connectivity index (χ2n) is 3.81. The molecule has 9 heteroatoms. The van der Waals surface area contributed by atoms with Crippen molar-refractivity contribution in [2.45, 2.75) is 13.2 Å². The smallest absolute Gasteiger partial charge is 0.230 e. The Morgan fingerprint density at radius 2 is 2.25 bits per heavy atom. The third-order valence-electron chi connectivity index (χ3n) is 2.21. The van der Waals surface area contributed by atoms with Crippen LogP contribution in [-0.2, 0) is 27.4 Å². The Kier molecular flexibility index (Phi) is 9.09. The van der Waals surface area contributed by atoms with Crippen LogP contribution in [0.1, 0.15) is 5.69 Å². The van der Waals surface area contributed by atoms with Crippen LogP contribution in [0.4, 0.5) is 4.39 Å². The minimum Gasteiger partial charge on any atom is -0.378 e. The molecule has 0 spiro atoms. The highest BCUT2D eigenvalue weighted by atomic mass is 79.9. The van der Waals surface area contributed by atoms with E-state index in [0.29, 0.717) is 37.3 Å². The molecule has 0 bridgehead atoms. The van der Waals surface area contributed by atoms with E-state index in [0.717, 1.165) is 0 Å². The van der Waals surface area contributed by atoms with E-state index in [1.54, 1.807) is 10.9 Å². The minimum atomic E-state index is -0.506. The molecule has 0 aliphatic carbocycles. The number of ether oxygens (including phenoxy) is 2. The molecule has 0 atom stereocenters. The fraction of sp³-hybridized carbons (Fsp3) is 0.727. The quantitative estimate of drug-likeness (QED) is 0.458. The standard InChI is InChI=1S/C11H18BrFN4O3/c12-7-11(18)14-2-5-19-6-3-17-8-10(15-16-17)9-20-4-1-13/h8H,1-7,9H2,(H,14,18)/i13-1. The lowest BCUT2D eigenvalue weighted by molar-refractivity contribution is -0.118. The van der Waals surface area contributed by atoms with Gasteiger partial charge in [-0.1, -0.05) is 21.1 Å². The molecule has 114 valence electrons. The van der Waals surface area contributed by atoms with Gasteiger partial charge in [-0.3, -0.25) is 4.79 Å². The fourth-order valence-electron chi connectivity index (χ4n) is 1.32. The number of carbonyl (C=O) groups is 1. The van der Waals surface area contributed by atoms with E-state index < -0.39 is 6.67 Å². The maximum absolute atomic E-state index is 11.8. The summed E-state index contributed by atoms with van der Waals surface area (Å²) in [4.78, 5) is 10.9. The molecule has 0 aliphatic heterocycles. The van der Waals surface area contributed by atoms with Gasteiger partial charge in [-0.15, -0.1) is 5.10 Å². The number of hydrogen-bond acceptors (Lipinski definition) is 5. The first-order valence-electron chi connectivity index (χ1n) is 6.19. The monoisotopic (exact) mass is 351 g/mol. The number of amides is 1. The largest absolute Gasteiger partial charge is 0.378 e. The van der Waals surface area contributed by atoms with Crippen LogP contribution in [0, 0.1) is 0 Å². The molecule has 1 N–H and O–H groups in total. The number of aromatic nitrogens is 3. The second kappa shape index (κ2) is 10.7. The van der Waals surface area contributed by atoms with E-state index in [4.69, 9.17) is 9.47 Å². The van der Waals surface area contributed by atoms with Crippen LogP contribution in [0.2, 0.25) is 0 Å². The highest BCUT2D eigenvalue weighted by Gasteiger charge is 2.01. The lowest BCUT2D eigenvalue weighted by Gasteiger charge is -2.05. The molecular weight excluding hydrogens is 334 g/mol. The molecule has 1 aromatic heterocycles. The summed E-state index contributed by atoms with van der Waals surface area (Å²) in [5.74, 6) is -0.0669. The van der Waals surface area contributed by atoms with Gasteiger partial charge < -0.3 is 14.8 Å². The first kappa shape index (κ1) is 17.0. The van der Waals surface area contributed by atoms with Gasteiger partial charge in [0.15, 0.2) is 0 Å². The van der Waals surface area contributed by atoms with E-state index in [-0.39, 0.29) is 19.1 Å². The Balaban J connectivity index is 2.05. The van der Waals surface area contributed by atoms with Crippen LogP contribution in [0.3, 0.4) is 0 Å². The fourth-order valence-corrected chi connectivity index (χ4v) is 1.51. The zero-order valence-electron chi connectivity index (χ0n) is 11.1. The summed E-state index contributed by atoms with van der Waals surface area (Å²) in [5, 5.41) is 10.7. The Bertz CT molecular complexity index is 392. The molecule has 0 radical (unpaired) electrons. The predicted octanol–water partition coefficient (Wildman–Crippen LogP) is 0.292. The highest BCUT2D eigenvalue weighted by Crippen LogP contribution is 1.96. The van der Waals surface area contributed by atoms with Gasteiger partial charge in [-0.2, -0.15) is 0 Å². The van der Waals surface area contributed by atoms with Crippen molar-refractivity contribution in [2.24, 2.45) is 0 Å². The van der Waals surface area contributed by atoms with Gasteiger partial charge in [0.05, 0.1) is 44.5 Å². The Hall–Kier alpha value is -1.06. The molecule has 7 nitrogen and oxygen atoms in total. The SMILES string of the molecule is O=C(CBr)NCCOCCn1cc(COCC[18F])nn1. The Morgan fingerprint density at radius 3 is 3.00 bits per heavy atom. The molecule has 0 aliphatic rings. The summed E-state index contributed by atoms with van der Waals surface area (Å²) >= 11 is 3.05. The van der Waals surface area contributed by atoms with Crippen LogP contribution in [0.15, 0.2) is 6.20 Å². The summed E-state index contributed by atoms with van der Waals surface area (Å²) in [7, 11) is 0. The lowest BCUT2D eigenvalue weighted by Crippen LogP contribution is -2.28. The predicted molar refractivity (Wildman–Crippen MR) is 73.3 cm³/mol. The van der Waals surface area contributed by atoms with Crippen molar-refractivity contribution in [2.75, 3.05) is 38.4 Å². The maximum Gasteiger partial charge on any atom is 0.230 e. The van der Waals surface area contributed by atoms with Crippen LogP contribution >= 0.6 is 15.9 Å². The molecule has 0 unspecified atom stereocenters. The number of carbonyl (C=O) groups excluding carboxylic acids is 1. The van der Waals surface area contributed by atoms with Gasteiger partial charge in [0.2, 0.25) is 5.91 Å². The summed E-state index contributed by atoms with van der Waals surface area (Å²) < 4.78 is 23.8. The summed E-state index contributed by atoms with van der Waals surface area (Å²) in [6, 6.07) is 0. The van der Waals surface area contributed by atoms with Crippen molar-refractivity contribution in [1.29, 1.82) is 0 Å². The average molecular weight is 352 g/mol. The number of halogens is 2. The van der Waals surface area contributed by atoms with Gasteiger partial charge in [0, 0.05) is 6.54 Å². The first-order valence-corrected chi connectivity index (χ1v) is 7.31. The molecule has 0 saturated heterocycles. The molecule has 0 fully saturated rings. The molecule has 0 aromatic carbocycles. The number of rotatable bonds is 11. The second-order valence-corrected chi connectivity index (χ2v) is 4.37. The van der Waals surface area contributed by atoms with Crippen LogP contribution in [-0.4, -0.2) is 59.3 Å². The summed E-state index contributed by atoms with van der Waals surface area (Å²) in [6.45, 7) is 1.76. The third kappa shape index (κ3) is 7.51. The molecule has 0 saturated carbocycles. The molecule has 1 aromatic rings. The minimum absolute atomic E-state index is 0.0656. The van der Waals surface area contributed by atoms with Crippen molar-refractivity contribution in [3.05, 3.63) is 11.9 Å². The van der Waals surface area contributed by atoms with Crippen molar-refractivity contribution in [3.63, 3.8) is 0 Å². The van der Waals surface area contributed by atoms with Crippen molar-refractivity contribution < 1.29 is 18.7 Å². The topological polar surface area (TPSA) is 78.3 Å². The molecule has 1 rings (SSSR count). The normalized spacial score (nSPS) is 10.7. The van der Waals surface area contributed by atoms with Crippen molar-refractivity contribution >= 4 is 21.8 Å². The zero-order chi connectivity index (χ0) is 14.6. The van der Waals surface area contributed by atoms with Crippen LogP contribution in [0.5, 0.6) is 0 Å². The van der Waals surface area contributed by atoms with E-state index in [1.165, 1.54) is 0 Å². The van der Waals surface area contributed by atoms with E-state index in [9.17, 15) is 9.18 Å². The zero-order valence-corrected chi connectivity index (χ0v) is 12.6. The van der Waals surface area contributed by atoms with E-state index in [2.05, 4.69) is 31.6 Å². The van der Waals surface area contributed by atoms with Gasteiger partial charge >= 0.3 is 0 Å². The molecule has 1 amide bonds. The molecular formula is C11H18BrFN4O3. The summed E-state index contributed by atoms with van der Waals surface area (Å²) in [6.07, 6.45) is 1.73.